The van der Waals surface area contributed by atoms with Crippen LogP contribution < -0.4 is 0 Å². The van der Waals surface area contributed by atoms with Gasteiger partial charge < -0.3 is 4.74 Å². The predicted molar refractivity (Wildman–Crippen MR) is 65.0 cm³/mol. The molecule has 17 heavy (non-hydrogen) atoms. The molecule has 4 nitrogen and oxygen atoms in total. The lowest BCUT2D eigenvalue weighted by Crippen LogP contribution is -2.34. The summed E-state index contributed by atoms with van der Waals surface area (Å²) in [5, 5.41) is 0.547. The molecule has 0 N–H and O–H groups in total. The van der Waals surface area contributed by atoms with Crippen LogP contribution in [0.1, 0.15) is 23.6 Å². The van der Waals surface area contributed by atoms with E-state index in [2.05, 4.69) is 9.88 Å². The fraction of sp³-hybridized carbons (Fsp3) is 0.500. The lowest BCUT2D eigenvalue weighted by Gasteiger charge is -2.34. The number of hydrogen-bond acceptors (Lipinski definition) is 4. The maximum Gasteiger partial charge on any atom is 0.307 e. The SMILES string of the molecule is COC(=O)CC1c2ccnc(Cl)c2CCN1C. The minimum absolute atomic E-state index is 0.0340. The summed E-state index contributed by atoms with van der Waals surface area (Å²) in [5.41, 5.74) is 2.14. The van der Waals surface area contributed by atoms with E-state index in [9.17, 15) is 4.79 Å². The van der Waals surface area contributed by atoms with Gasteiger partial charge in [-0.2, -0.15) is 0 Å². The Bertz CT molecular complexity index is 437. The summed E-state index contributed by atoms with van der Waals surface area (Å²) in [6.07, 6.45) is 2.90. The number of rotatable bonds is 2. The summed E-state index contributed by atoms with van der Waals surface area (Å²) >= 11 is 6.08. The van der Waals surface area contributed by atoms with Gasteiger partial charge in [-0.25, -0.2) is 4.98 Å². The Kier molecular flexibility index (Phi) is 3.64. The van der Waals surface area contributed by atoms with Gasteiger partial charge in [0.15, 0.2) is 0 Å². The maximum atomic E-state index is 11.4. The first-order chi connectivity index (χ1) is 8.13. The summed E-state index contributed by atoms with van der Waals surface area (Å²) in [7, 11) is 3.41. The summed E-state index contributed by atoms with van der Waals surface area (Å²) in [6.45, 7) is 0.875. The molecule has 1 aromatic heterocycles. The van der Waals surface area contributed by atoms with Crippen molar-refractivity contribution in [2.24, 2.45) is 0 Å². The number of nitrogens with zero attached hydrogens (tertiary/aromatic N) is 2. The van der Waals surface area contributed by atoms with Gasteiger partial charge in [0.25, 0.3) is 0 Å². The minimum Gasteiger partial charge on any atom is -0.469 e. The van der Waals surface area contributed by atoms with Gasteiger partial charge >= 0.3 is 5.97 Å². The molecule has 5 heteroatoms. The molecule has 0 saturated heterocycles. The molecule has 0 spiro atoms. The number of methoxy groups -OCH3 is 1. The zero-order valence-electron chi connectivity index (χ0n) is 9.94. The Morgan fingerprint density at radius 3 is 3.18 bits per heavy atom. The van der Waals surface area contributed by atoms with Gasteiger partial charge in [-0.3, -0.25) is 9.69 Å². The maximum absolute atomic E-state index is 11.4. The van der Waals surface area contributed by atoms with Crippen molar-refractivity contribution in [2.45, 2.75) is 18.9 Å². The molecular weight excluding hydrogens is 240 g/mol. The van der Waals surface area contributed by atoms with Crippen LogP contribution in [0, 0.1) is 0 Å². The van der Waals surface area contributed by atoms with Crippen LogP contribution in [0.5, 0.6) is 0 Å². The highest BCUT2D eigenvalue weighted by molar-refractivity contribution is 6.30. The average molecular weight is 255 g/mol. The van der Waals surface area contributed by atoms with Crippen molar-refractivity contribution in [1.29, 1.82) is 0 Å². The minimum atomic E-state index is -0.206. The van der Waals surface area contributed by atoms with Crippen molar-refractivity contribution >= 4 is 17.6 Å². The Morgan fingerprint density at radius 2 is 2.47 bits per heavy atom. The van der Waals surface area contributed by atoms with Crippen molar-refractivity contribution in [3.05, 3.63) is 28.5 Å². The standard InChI is InChI=1S/C12H15ClN2O2/c1-15-6-4-9-8(3-5-14-12(9)13)10(15)7-11(16)17-2/h3,5,10H,4,6-7H2,1-2H3. The summed E-state index contributed by atoms with van der Waals surface area (Å²) in [4.78, 5) is 17.7. The van der Waals surface area contributed by atoms with Gasteiger partial charge in [-0.15, -0.1) is 0 Å². The zero-order chi connectivity index (χ0) is 12.4. The largest absolute Gasteiger partial charge is 0.469 e. The summed E-state index contributed by atoms with van der Waals surface area (Å²) in [5.74, 6) is -0.206. The molecule has 1 aromatic rings. The third-order valence-corrected chi connectivity index (χ3v) is 3.56. The molecule has 92 valence electrons. The fourth-order valence-corrected chi connectivity index (χ4v) is 2.49. The van der Waals surface area contributed by atoms with E-state index in [1.54, 1.807) is 6.20 Å². The van der Waals surface area contributed by atoms with Crippen molar-refractivity contribution in [2.75, 3.05) is 20.7 Å². The molecule has 0 aliphatic carbocycles. The molecule has 1 aliphatic heterocycles. The van der Waals surface area contributed by atoms with Crippen LogP contribution in [0.15, 0.2) is 12.3 Å². The summed E-state index contributed by atoms with van der Waals surface area (Å²) < 4.78 is 4.73. The van der Waals surface area contributed by atoms with E-state index in [0.717, 1.165) is 24.1 Å². The van der Waals surface area contributed by atoms with Crippen LogP contribution in [0.25, 0.3) is 0 Å². The molecule has 2 heterocycles. The molecular formula is C12H15ClN2O2. The highest BCUT2D eigenvalue weighted by atomic mass is 35.5. The van der Waals surface area contributed by atoms with Crippen molar-refractivity contribution < 1.29 is 9.53 Å². The van der Waals surface area contributed by atoms with E-state index in [-0.39, 0.29) is 12.0 Å². The molecule has 0 fully saturated rings. The highest BCUT2D eigenvalue weighted by Crippen LogP contribution is 2.33. The molecule has 0 saturated carbocycles. The lowest BCUT2D eigenvalue weighted by molar-refractivity contribution is -0.142. The fourth-order valence-electron chi connectivity index (χ4n) is 2.23. The molecule has 0 aromatic carbocycles. The molecule has 0 bridgehead atoms. The molecule has 1 unspecified atom stereocenters. The predicted octanol–water partition coefficient (Wildman–Crippen LogP) is 1.83. The van der Waals surface area contributed by atoms with E-state index in [1.165, 1.54) is 7.11 Å². The second-order valence-electron chi connectivity index (χ2n) is 4.20. The second-order valence-corrected chi connectivity index (χ2v) is 4.55. The van der Waals surface area contributed by atoms with Gasteiger partial charge in [0.05, 0.1) is 13.5 Å². The van der Waals surface area contributed by atoms with Crippen LogP contribution >= 0.6 is 11.6 Å². The third kappa shape index (κ3) is 2.42. The quantitative estimate of drug-likeness (QED) is 0.597. The molecule has 1 aliphatic rings. The van der Waals surface area contributed by atoms with Crippen molar-refractivity contribution in [1.82, 2.24) is 9.88 Å². The van der Waals surface area contributed by atoms with Crippen LogP contribution in [-0.4, -0.2) is 36.6 Å². The third-order valence-electron chi connectivity index (χ3n) is 3.23. The van der Waals surface area contributed by atoms with Gasteiger partial charge in [0, 0.05) is 18.8 Å². The van der Waals surface area contributed by atoms with Crippen LogP contribution in [0.4, 0.5) is 0 Å². The molecule has 1 atom stereocenters. The first-order valence-electron chi connectivity index (χ1n) is 5.53. The van der Waals surface area contributed by atoms with Crippen LogP contribution in [-0.2, 0) is 16.0 Å². The Labute approximate surface area is 106 Å². The number of hydrogen-bond donors (Lipinski definition) is 0. The number of pyridine rings is 1. The summed E-state index contributed by atoms with van der Waals surface area (Å²) in [6, 6.07) is 1.97. The van der Waals surface area contributed by atoms with E-state index >= 15 is 0 Å². The average Bonchev–Trinajstić information content (AvgIpc) is 2.33. The first-order valence-corrected chi connectivity index (χ1v) is 5.91. The zero-order valence-corrected chi connectivity index (χ0v) is 10.7. The normalized spacial score (nSPS) is 19.8. The number of carbonyl (C=O) groups excluding carboxylic acids is 1. The van der Waals surface area contributed by atoms with E-state index in [1.807, 2.05) is 13.1 Å². The Hall–Kier alpha value is -1.13. The smallest absolute Gasteiger partial charge is 0.307 e. The number of carbonyl (C=O) groups is 1. The van der Waals surface area contributed by atoms with Crippen LogP contribution in [0.2, 0.25) is 5.15 Å². The number of esters is 1. The second kappa shape index (κ2) is 5.02. The van der Waals surface area contributed by atoms with Gasteiger partial charge in [0.1, 0.15) is 5.15 Å². The Morgan fingerprint density at radius 1 is 1.71 bits per heavy atom. The molecule has 0 radical (unpaired) electrons. The number of aromatic nitrogens is 1. The van der Waals surface area contributed by atoms with Crippen molar-refractivity contribution in [3.8, 4) is 0 Å². The van der Waals surface area contributed by atoms with Gasteiger partial charge in [0.2, 0.25) is 0 Å². The number of likely N-dealkylation sites (N-methyl/N-ethyl adjacent to an activating group) is 1. The van der Waals surface area contributed by atoms with E-state index in [0.29, 0.717) is 11.6 Å². The van der Waals surface area contributed by atoms with Gasteiger partial charge in [-0.05, 0) is 30.7 Å². The van der Waals surface area contributed by atoms with Crippen molar-refractivity contribution in [3.63, 3.8) is 0 Å². The van der Waals surface area contributed by atoms with Crippen LogP contribution in [0.3, 0.4) is 0 Å². The lowest BCUT2D eigenvalue weighted by atomic mass is 9.93. The number of ether oxygens (including phenoxy) is 1. The topological polar surface area (TPSA) is 42.4 Å². The molecule has 0 amide bonds. The molecule has 2 rings (SSSR count). The highest BCUT2D eigenvalue weighted by Gasteiger charge is 2.28. The number of halogens is 1. The monoisotopic (exact) mass is 254 g/mol. The van der Waals surface area contributed by atoms with Gasteiger partial charge in [-0.1, -0.05) is 11.6 Å². The first kappa shape index (κ1) is 12.3. The Balaban J connectivity index is 2.33. The number of fused-ring (bicyclic) bond motifs is 1. The van der Waals surface area contributed by atoms with E-state index < -0.39 is 0 Å². The van der Waals surface area contributed by atoms with E-state index in [4.69, 9.17) is 16.3 Å².